The molecule has 4 rings (SSSR count). The molecule has 7 heteroatoms. The lowest BCUT2D eigenvalue weighted by Crippen LogP contribution is -2.69. The molecule has 0 heterocycles. The van der Waals surface area contributed by atoms with Gasteiger partial charge in [0.05, 0.1) is 0 Å². The van der Waals surface area contributed by atoms with Crippen molar-refractivity contribution in [2.45, 2.75) is 70.1 Å². The number of rotatable bonds is 4. The minimum Gasteiger partial charge on any atom is -0.396 e. The topological polar surface area (TPSA) is 112 Å². The average molecular weight is 422 g/mol. The van der Waals surface area contributed by atoms with E-state index in [4.69, 9.17) is 0 Å². The van der Waals surface area contributed by atoms with Crippen molar-refractivity contribution in [2.75, 3.05) is 13.2 Å². The first-order valence-corrected chi connectivity index (χ1v) is 10.9. The van der Waals surface area contributed by atoms with Crippen LogP contribution in [0.15, 0.2) is 11.6 Å². The summed E-state index contributed by atoms with van der Waals surface area (Å²) in [7, 11) is 0. The molecule has 3 saturated carbocycles. The van der Waals surface area contributed by atoms with Gasteiger partial charge >= 0.3 is 0 Å². The largest absolute Gasteiger partial charge is 0.396 e. The van der Waals surface area contributed by atoms with E-state index in [9.17, 15) is 29.7 Å². The van der Waals surface area contributed by atoms with Crippen LogP contribution in [0.5, 0.6) is 0 Å². The fraction of sp³-hybridized carbons (Fsp3) is 0.783. The van der Waals surface area contributed by atoms with E-state index in [1.807, 2.05) is 0 Å². The second-order valence-corrected chi connectivity index (χ2v) is 10.2. The van der Waals surface area contributed by atoms with Crippen LogP contribution in [0.3, 0.4) is 0 Å². The molecule has 30 heavy (non-hydrogen) atoms. The summed E-state index contributed by atoms with van der Waals surface area (Å²) >= 11 is 0. The zero-order valence-electron chi connectivity index (χ0n) is 17.6. The van der Waals surface area contributed by atoms with Gasteiger partial charge in [-0.05, 0) is 50.0 Å². The first kappa shape index (κ1) is 21.8. The summed E-state index contributed by atoms with van der Waals surface area (Å²) in [5.74, 6) is -2.99. The Morgan fingerprint density at radius 3 is 2.53 bits per heavy atom. The normalized spacial score (nSPS) is 47.9. The van der Waals surface area contributed by atoms with Crippen LogP contribution in [-0.4, -0.2) is 57.2 Å². The van der Waals surface area contributed by atoms with Crippen LogP contribution in [0, 0.1) is 28.6 Å². The average Bonchev–Trinajstić information content (AvgIpc) is 2.95. The molecular weight excluding hydrogens is 391 g/mol. The monoisotopic (exact) mass is 422 g/mol. The molecule has 6 nitrogen and oxygen atoms in total. The first-order valence-electron chi connectivity index (χ1n) is 10.9. The lowest BCUT2D eigenvalue weighted by atomic mass is 9.42. The standard InChI is InChI=1S/C23H31FO6/c1-20-11-18(28)23(24)17(16(20)5-7-22(20,30)19(29)12-26)4-3-13-9-15(27)10-14(6-8-25)21(13,23)2/h9,14,16-17,25-26,30H,3-8,10-12H2,1-2H3/t14?,16-,17-,20-,21+,22-,23-/m0/s1. The second kappa shape index (κ2) is 6.78. The highest BCUT2D eigenvalue weighted by atomic mass is 19.1. The molecule has 0 aromatic heterocycles. The van der Waals surface area contributed by atoms with E-state index in [-0.39, 0.29) is 44.0 Å². The molecule has 0 radical (unpaired) electrons. The number of carbonyl (C=O) groups excluding carboxylic acids is 3. The Kier molecular flexibility index (Phi) is 4.92. The van der Waals surface area contributed by atoms with Crippen LogP contribution in [-0.2, 0) is 14.4 Å². The van der Waals surface area contributed by atoms with Crippen molar-refractivity contribution in [3.63, 3.8) is 0 Å². The van der Waals surface area contributed by atoms with E-state index in [2.05, 4.69) is 0 Å². The molecule has 3 N–H and O–H groups in total. The number of Topliss-reactive ketones (excluding diaryl/α,β-unsaturated/α-hetero) is 2. The molecule has 0 saturated heterocycles. The number of ketones is 3. The number of halogens is 1. The van der Waals surface area contributed by atoms with E-state index in [1.165, 1.54) is 6.08 Å². The number of carbonyl (C=O) groups is 3. The fourth-order valence-corrected chi connectivity index (χ4v) is 7.64. The van der Waals surface area contributed by atoms with E-state index in [0.29, 0.717) is 24.8 Å². The van der Waals surface area contributed by atoms with Crippen LogP contribution in [0.4, 0.5) is 4.39 Å². The molecule has 0 aromatic rings. The van der Waals surface area contributed by atoms with Gasteiger partial charge in [0.25, 0.3) is 0 Å². The zero-order chi connectivity index (χ0) is 22.1. The van der Waals surface area contributed by atoms with Crippen molar-refractivity contribution in [1.82, 2.24) is 0 Å². The Hall–Kier alpha value is -1.44. The lowest BCUT2D eigenvalue weighted by Gasteiger charge is -2.62. The predicted molar refractivity (Wildman–Crippen MR) is 105 cm³/mol. The molecule has 4 aliphatic rings. The van der Waals surface area contributed by atoms with Crippen LogP contribution in [0.1, 0.15) is 58.8 Å². The van der Waals surface area contributed by atoms with Gasteiger partial charge in [0.2, 0.25) is 0 Å². The van der Waals surface area contributed by atoms with Crippen LogP contribution >= 0.6 is 0 Å². The van der Waals surface area contributed by atoms with Crippen LogP contribution < -0.4 is 0 Å². The second-order valence-electron chi connectivity index (χ2n) is 10.2. The number of allylic oxidation sites excluding steroid dienone is 1. The third-order valence-electron chi connectivity index (χ3n) is 9.34. The first-order chi connectivity index (χ1) is 14.0. The Balaban J connectivity index is 1.83. The minimum absolute atomic E-state index is 0.0974. The van der Waals surface area contributed by atoms with Crippen molar-refractivity contribution in [3.8, 4) is 0 Å². The maximum atomic E-state index is 17.2. The van der Waals surface area contributed by atoms with Gasteiger partial charge < -0.3 is 15.3 Å². The Labute approximate surface area is 175 Å². The summed E-state index contributed by atoms with van der Waals surface area (Å²) < 4.78 is 17.2. The van der Waals surface area contributed by atoms with Crippen molar-refractivity contribution >= 4 is 17.3 Å². The minimum atomic E-state index is -2.21. The Morgan fingerprint density at radius 1 is 1.20 bits per heavy atom. The Morgan fingerprint density at radius 2 is 1.90 bits per heavy atom. The van der Waals surface area contributed by atoms with E-state index >= 15 is 4.39 Å². The summed E-state index contributed by atoms with van der Waals surface area (Å²) in [6.45, 7) is 2.39. The SMILES string of the molecule is C[C@]12CC(=O)[C@@]3(F)[C@@H](CCC4=CC(=O)CC(CCO)[C@@]43C)[C@@H]1CC[C@]2(O)C(=O)CO. The Bertz CT molecular complexity index is 838. The van der Waals surface area contributed by atoms with Gasteiger partial charge in [0.15, 0.2) is 23.0 Å². The number of alkyl halides is 1. The highest BCUT2D eigenvalue weighted by molar-refractivity contribution is 5.97. The molecule has 0 amide bonds. The van der Waals surface area contributed by atoms with Crippen molar-refractivity contribution in [1.29, 1.82) is 0 Å². The number of aliphatic hydroxyl groups excluding tert-OH is 2. The molecule has 3 fully saturated rings. The molecule has 1 unspecified atom stereocenters. The van der Waals surface area contributed by atoms with Crippen molar-refractivity contribution < 1.29 is 34.1 Å². The van der Waals surface area contributed by atoms with Crippen molar-refractivity contribution in [2.24, 2.45) is 28.6 Å². The van der Waals surface area contributed by atoms with E-state index in [0.717, 1.165) is 0 Å². The van der Waals surface area contributed by atoms with Gasteiger partial charge in [-0.2, -0.15) is 0 Å². The number of aliphatic hydroxyl groups is 3. The molecule has 4 aliphatic carbocycles. The van der Waals surface area contributed by atoms with Gasteiger partial charge in [0, 0.05) is 36.2 Å². The number of hydrogen-bond donors (Lipinski definition) is 3. The highest BCUT2D eigenvalue weighted by Gasteiger charge is 2.75. The van der Waals surface area contributed by atoms with Gasteiger partial charge in [-0.15, -0.1) is 0 Å². The van der Waals surface area contributed by atoms with E-state index < -0.39 is 52.1 Å². The molecule has 0 bridgehead atoms. The smallest absolute Gasteiger partial charge is 0.190 e. The summed E-state index contributed by atoms with van der Waals surface area (Å²) in [6, 6.07) is 0. The van der Waals surface area contributed by atoms with Gasteiger partial charge in [-0.3, -0.25) is 14.4 Å². The maximum Gasteiger partial charge on any atom is 0.190 e. The van der Waals surface area contributed by atoms with Crippen LogP contribution in [0.2, 0.25) is 0 Å². The predicted octanol–water partition coefficient (Wildman–Crippen LogP) is 1.69. The molecule has 0 spiro atoms. The molecular formula is C23H31FO6. The van der Waals surface area contributed by atoms with E-state index in [1.54, 1.807) is 13.8 Å². The van der Waals surface area contributed by atoms with Crippen molar-refractivity contribution in [3.05, 3.63) is 11.6 Å². The summed E-state index contributed by atoms with van der Waals surface area (Å²) in [5, 5.41) is 30.2. The third kappa shape index (κ3) is 2.37. The van der Waals surface area contributed by atoms with Gasteiger partial charge in [0.1, 0.15) is 12.2 Å². The molecule has 166 valence electrons. The summed E-state index contributed by atoms with van der Waals surface area (Å²) in [6.07, 6.45) is 2.90. The van der Waals surface area contributed by atoms with Gasteiger partial charge in [-0.1, -0.05) is 19.4 Å². The molecule has 7 atom stereocenters. The number of fused-ring (bicyclic) bond motifs is 5. The lowest BCUT2D eigenvalue weighted by molar-refractivity contribution is -0.194. The highest BCUT2D eigenvalue weighted by Crippen LogP contribution is 2.70. The fourth-order valence-electron chi connectivity index (χ4n) is 7.64. The van der Waals surface area contributed by atoms with Gasteiger partial charge in [-0.25, -0.2) is 4.39 Å². The maximum absolute atomic E-state index is 17.2. The summed E-state index contributed by atoms with van der Waals surface area (Å²) in [4.78, 5) is 38.2. The molecule has 0 aliphatic heterocycles. The summed E-state index contributed by atoms with van der Waals surface area (Å²) in [5.41, 5.74) is -5.72. The quantitative estimate of drug-likeness (QED) is 0.636. The molecule has 0 aromatic carbocycles. The number of hydrogen-bond acceptors (Lipinski definition) is 6. The zero-order valence-corrected chi connectivity index (χ0v) is 17.6. The van der Waals surface area contributed by atoms with Crippen LogP contribution in [0.25, 0.3) is 0 Å². The third-order valence-corrected chi connectivity index (χ3v) is 9.34.